The topological polar surface area (TPSA) is 71.5 Å². The van der Waals surface area contributed by atoms with Gasteiger partial charge in [0, 0.05) is 11.8 Å². The molecule has 2 aromatic rings. The van der Waals surface area contributed by atoms with Gasteiger partial charge in [-0.3, -0.25) is 0 Å². The summed E-state index contributed by atoms with van der Waals surface area (Å²) in [6.45, 7) is 2.90. The molecule has 0 unspecified atom stereocenters. The van der Waals surface area contributed by atoms with E-state index in [1.165, 1.54) is 12.1 Å². The van der Waals surface area contributed by atoms with Gasteiger partial charge in [-0.25, -0.2) is 4.98 Å². The molecule has 0 aliphatic heterocycles. The molecule has 1 aromatic heterocycles. The average Bonchev–Trinajstić information content (AvgIpc) is 2.54. The molecule has 0 bridgehead atoms. The van der Waals surface area contributed by atoms with Crippen molar-refractivity contribution in [2.75, 3.05) is 6.61 Å². The molecule has 132 valence electrons. The number of rotatable bonds is 6. The van der Waals surface area contributed by atoms with E-state index in [-0.39, 0.29) is 34.6 Å². The van der Waals surface area contributed by atoms with Crippen molar-refractivity contribution in [1.82, 2.24) is 4.98 Å². The van der Waals surface area contributed by atoms with E-state index in [9.17, 15) is 23.1 Å². The van der Waals surface area contributed by atoms with E-state index in [2.05, 4.69) is 11.6 Å². The zero-order chi connectivity index (χ0) is 18.6. The molecule has 0 N–H and O–H groups in total. The van der Waals surface area contributed by atoms with Crippen LogP contribution in [0.5, 0.6) is 17.4 Å². The van der Waals surface area contributed by atoms with E-state index in [4.69, 9.17) is 21.1 Å². The van der Waals surface area contributed by atoms with Crippen molar-refractivity contribution in [3.8, 4) is 17.4 Å². The van der Waals surface area contributed by atoms with Crippen LogP contribution in [0.4, 0.5) is 13.2 Å². The fourth-order valence-electron chi connectivity index (χ4n) is 1.64. The number of carboxylic acid groups (broad SMARTS) is 1. The van der Waals surface area contributed by atoms with Gasteiger partial charge in [0.05, 0.1) is 11.5 Å². The molecule has 0 saturated heterocycles. The number of carbonyl (C=O) groups excluding carboxylic acids is 1. The maximum Gasteiger partial charge on any atom is 0.417 e. The predicted molar refractivity (Wildman–Crippen MR) is 80.4 cm³/mol. The molecular formula is C16H10ClF3NO4-. The Morgan fingerprint density at radius 3 is 2.48 bits per heavy atom. The second-order valence-corrected chi connectivity index (χ2v) is 5.14. The SMILES string of the molecule is C=C(COc1ccccc1Oc1ncc(C(F)(F)F)cc1Cl)C(=O)[O-]. The van der Waals surface area contributed by atoms with Gasteiger partial charge >= 0.3 is 6.18 Å². The standard InChI is InChI=1S/C16H11ClF3NO4/c1-9(15(22)23)8-24-12-4-2-3-5-13(12)25-14-11(17)6-10(7-21-14)16(18,19)20/h2-7H,1,8H2,(H,22,23)/p-1. The molecule has 2 rings (SSSR count). The van der Waals surface area contributed by atoms with Crippen molar-refractivity contribution in [1.29, 1.82) is 0 Å². The molecular weight excluding hydrogens is 363 g/mol. The largest absolute Gasteiger partial charge is 0.545 e. The summed E-state index contributed by atoms with van der Waals surface area (Å²) in [6.07, 6.45) is -4.00. The first-order valence-corrected chi connectivity index (χ1v) is 7.08. The van der Waals surface area contributed by atoms with Crippen LogP contribution in [0.15, 0.2) is 48.7 Å². The molecule has 0 atom stereocenters. The summed E-state index contributed by atoms with van der Waals surface area (Å²) >= 11 is 5.78. The minimum atomic E-state index is -4.58. The number of ether oxygens (including phenoxy) is 2. The van der Waals surface area contributed by atoms with E-state index in [0.29, 0.717) is 12.3 Å². The van der Waals surface area contributed by atoms with Crippen molar-refractivity contribution in [2.24, 2.45) is 0 Å². The summed E-state index contributed by atoms with van der Waals surface area (Å²) < 4.78 is 48.5. The van der Waals surface area contributed by atoms with Crippen LogP contribution in [0.3, 0.4) is 0 Å². The Morgan fingerprint density at radius 1 is 1.28 bits per heavy atom. The highest BCUT2D eigenvalue weighted by atomic mass is 35.5. The third-order valence-electron chi connectivity index (χ3n) is 2.88. The Kier molecular flexibility index (Phi) is 5.53. The second-order valence-electron chi connectivity index (χ2n) is 4.74. The Bertz CT molecular complexity index is 808. The van der Waals surface area contributed by atoms with Crippen molar-refractivity contribution >= 4 is 17.6 Å². The number of hydrogen-bond acceptors (Lipinski definition) is 5. The lowest BCUT2D eigenvalue weighted by atomic mass is 10.3. The van der Waals surface area contributed by atoms with Crippen LogP contribution in [-0.4, -0.2) is 17.6 Å². The Labute approximate surface area is 145 Å². The van der Waals surface area contributed by atoms with Crippen molar-refractivity contribution in [2.45, 2.75) is 6.18 Å². The molecule has 0 spiro atoms. The summed E-state index contributed by atoms with van der Waals surface area (Å²) in [6, 6.07) is 6.77. The molecule has 0 radical (unpaired) electrons. The number of hydrogen-bond donors (Lipinski definition) is 0. The van der Waals surface area contributed by atoms with Gasteiger partial charge in [0.1, 0.15) is 11.6 Å². The molecule has 0 aliphatic rings. The molecule has 0 fully saturated rings. The number of carboxylic acids is 1. The monoisotopic (exact) mass is 372 g/mol. The lowest BCUT2D eigenvalue weighted by Gasteiger charge is -2.14. The second kappa shape index (κ2) is 7.43. The minimum absolute atomic E-state index is 0.0859. The highest BCUT2D eigenvalue weighted by Crippen LogP contribution is 2.37. The van der Waals surface area contributed by atoms with E-state index in [1.807, 2.05) is 0 Å². The van der Waals surface area contributed by atoms with E-state index < -0.39 is 17.7 Å². The molecule has 1 aromatic carbocycles. The van der Waals surface area contributed by atoms with E-state index >= 15 is 0 Å². The first kappa shape index (κ1) is 18.6. The summed E-state index contributed by atoms with van der Waals surface area (Å²) in [7, 11) is 0. The van der Waals surface area contributed by atoms with Crippen LogP contribution >= 0.6 is 11.6 Å². The van der Waals surface area contributed by atoms with Crippen LogP contribution < -0.4 is 14.6 Å². The van der Waals surface area contributed by atoms with E-state index in [1.54, 1.807) is 12.1 Å². The molecule has 0 saturated carbocycles. The van der Waals surface area contributed by atoms with Gasteiger partial charge in [0.25, 0.3) is 0 Å². The average molecular weight is 373 g/mol. The predicted octanol–water partition coefficient (Wildman–Crippen LogP) is 3.23. The van der Waals surface area contributed by atoms with Gasteiger partial charge < -0.3 is 19.4 Å². The van der Waals surface area contributed by atoms with Crippen LogP contribution in [-0.2, 0) is 11.0 Å². The van der Waals surface area contributed by atoms with E-state index in [0.717, 1.165) is 0 Å². The van der Waals surface area contributed by atoms with Gasteiger partial charge in [-0.05, 0) is 18.2 Å². The summed E-state index contributed by atoms with van der Waals surface area (Å²) in [4.78, 5) is 14.2. The Balaban J connectivity index is 2.21. The van der Waals surface area contributed by atoms with Crippen LogP contribution in [0, 0.1) is 0 Å². The molecule has 25 heavy (non-hydrogen) atoms. The fraction of sp³-hybridized carbons (Fsp3) is 0.125. The van der Waals surface area contributed by atoms with Crippen molar-refractivity contribution < 1.29 is 32.5 Å². The maximum absolute atomic E-state index is 12.6. The van der Waals surface area contributed by atoms with Crippen LogP contribution in [0.25, 0.3) is 0 Å². The van der Waals surface area contributed by atoms with Crippen LogP contribution in [0.2, 0.25) is 5.02 Å². The third-order valence-corrected chi connectivity index (χ3v) is 3.15. The summed E-state index contributed by atoms with van der Waals surface area (Å²) in [5, 5.41) is 10.3. The first-order valence-electron chi connectivity index (χ1n) is 6.70. The molecule has 5 nitrogen and oxygen atoms in total. The zero-order valence-electron chi connectivity index (χ0n) is 12.5. The lowest BCUT2D eigenvalue weighted by molar-refractivity contribution is -0.299. The number of nitrogens with zero attached hydrogens (tertiary/aromatic N) is 1. The zero-order valence-corrected chi connectivity index (χ0v) is 13.2. The minimum Gasteiger partial charge on any atom is -0.545 e. The molecule has 1 heterocycles. The number of carbonyl (C=O) groups is 1. The van der Waals surface area contributed by atoms with Gasteiger partial charge in [0.2, 0.25) is 5.88 Å². The normalized spacial score (nSPS) is 11.0. The highest BCUT2D eigenvalue weighted by molar-refractivity contribution is 6.31. The number of benzene rings is 1. The number of para-hydroxylation sites is 2. The summed E-state index contributed by atoms with van der Waals surface area (Å²) in [5.74, 6) is -1.51. The maximum atomic E-state index is 12.6. The highest BCUT2D eigenvalue weighted by Gasteiger charge is 2.31. The Morgan fingerprint density at radius 2 is 1.92 bits per heavy atom. The number of halogens is 4. The van der Waals surface area contributed by atoms with Gasteiger partial charge in [0.15, 0.2) is 11.5 Å². The number of aliphatic carboxylic acids is 1. The Hall–Kier alpha value is -2.74. The number of alkyl halides is 3. The molecule has 0 amide bonds. The lowest BCUT2D eigenvalue weighted by Crippen LogP contribution is -2.26. The van der Waals surface area contributed by atoms with Crippen molar-refractivity contribution in [3.05, 3.63) is 59.3 Å². The van der Waals surface area contributed by atoms with Crippen molar-refractivity contribution in [3.63, 3.8) is 0 Å². The molecule has 9 heteroatoms. The van der Waals surface area contributed by atoms with Crippen LogP contribution in [0.1, 0.15) is 5.56 Å². The fourth-order valence-corrected chi connectivity index (χ4v) is 1.84. The summed E-state index contributed by atoms with van der Waals surface area (Å²) in [5.41, 5.74) is -1.31. The number of pyridine rings is 1. The van der Waals surface area contributed by atoms with Gasteiger partial charge in [-0.15, -0.1) is 0 Å². The first-order chi connectivity index (χ1) is 11.7. The molecule has 0 aliphatic carbocycles. The van der Waals surface area contributed by atoms with Gasteiger partial charge in [-0.1, -0.05) is 30.3 Å². The number of aromatic nitrogens is 1. The van der Waals surface area contributed by atoms with Gasteiger partial charge in [-0.2, -0.15) is 13.2 Å². The quantitative estimate of drug-likeness (QED) is 0.728. The third kappa shape index (κ3) is 4.87. The smallest absolute Gasteiger partial charge is 0.417 e.